The highest BCUT2D eigenvalue weighted by atomic mass is 19.1. The van der Waals surface area contributed by atoms with Crippen LogP contribution in [0, 0.1) is 24.0 Å². The van der Waals surface area contributed by atoms with Crippen molar-refractivity contribution in [2.24, 2.45) is 0 Å². The van der Waals surface area contributed by atoms with E-state index < -0.39 is 11.6 Å². The maximum absolute atomic E-state index is 13.4. The number of carbonyl (C=O) groups is 1. The Kier molecular flexibility index (Phi) is 5.31. The Morgan fingerprint density at radius 3 is 2.72 bits per heavy atom. The summed E-state index contributed by atoms with van der Waals surface area (Å²) in [7, 11) is 0. The van der Waals surface area contributed by atoms with Crippen LogP contribution in [0.5, 0.6) is 0 Å². The summed E-state index contributed by atoms with van der Waals surface area (Å²) < 4.78 is 26.1. The van der Waals surface area contributed by atoms with Gasteiger partial charge in [0.05, 0.1) is 13.0 Å². The predicted octanol–water partition coefficient (Wildman–Crippen LogP) is 2.38. The van der Waals surface area contributed by atoms with Crippen molar-refractivity contribution >= 4 is 5.91 Å². The van der Waals surface area contributed by atoms with Crippen LogP contribution in [0.1, 0.15) is 18.9 Å². The maximum atomic E-state index is 13.4. The van der Waals surface area contributed by atoms with Gasteiger partial charge in [-0.25, -0.2) is 8.78 Å². The van der Waals surface area contributed by atoms with Crippen LogP contribution in [0.4, 0.5) is 8.78 Å². The van der Waals surface area contributed by atoms with Crippen molar-refractivity contribution in [1.82, 2.24) is 4.90 Å². The maximum Gasteiger partial charge on any atom is 0.227 e. The molecule has 0 bridgehead atoms. The van der Waals surface area contributed by atoms with E-state index in [4.69, 9.17) is 6.42 Å². The summed E-state index contributed by atoms with van der Waals surface area (Å²) in [6, 6.07) is 3.19. The summed E-state index contributed by atoms with van der Waals surface area (Å²) in [5.41, 5.74) is 0.180. The van der Waals surface area contributed by atoms with Crippen molar-refractivity contribution in [2.75, 3.05) is 13.1 Å². The molecule has 0 heterocycles. The minimum absolute atomic E-state index is 0.103. The molecule has 0 atom stereocenters. The van der Waals surface area contributed by atoms with Crippen molar-refractivity contribution in [3.05, 3.63) is 35.4 Å². The lowest BCUT2D eigenvalue weighted by atomic mass is 10.1. The third kappa shape index (κ3) is 3.85. The molecular formula is C14H15F2NO. The molecule has 1 aromatic carbocycles. The summed E-state index contributed by atoms with van der Waals surface area (Å²) in [4.78, 5) is 13.4. The molecule has 0 aliphatic rings. The van der Waals surface area contributed by atoms with Crippen LogP contribution in [-0.2, 0) is 11.2 Å². The fourth-order valence-electron chi connectivity index (χ4n) is 1.61. The molecule has 0 aliphatic carbocycles. The number of terminal acetylenes is 1. The first-order valence-corrected chi connectivity index (χ1v) is 5.73. The number of benzene rings is 1. The normalized spacial score (nSPS) is 9.89. The topological polar surface area (TPSA) is 20.3 Å². The monoisotopic (exact) mass is 251 g/mol. The summed E-state index contributed by atoms with van der Waals surface area (Å²) in [6.45, 7) is 2.66. The zero-order valence-electron chi connectivity index (χ0n) is 10.2. The molecule has 0 fully saturated rings. The Hall–Kier alpha value is -1.89. The second kappa shape index (κ2) is 6.75. The van der Waals surface area contributed by atoms with Crippen molar-refractivity contribution in [2.45, 2.75) is 19.8 Å². The van der Waals surface area contributed by atoms with Gasteiger partial charge >= 0.3 is 0 Å². The van der Waals surface area contributed by atoms with E-state index in [1.807, 2.05) is 6.92 Å². The van der Waals surface area contributed by atoms with Crippen LogP contribution in [0.2, 0.25) is 0 Å². The van der Waals surface area contributed by atoms with Gasteiger partial charge in [-0.05, 0) is 18.1 Å². The van der Waals surface area contributed by atoms with E-state index in [-0.39, 0.29) is 24.4 Å². The lowest BCUT2D eigenvalue weighted by Crippen LogP contribution is -2.33. The van der Waals surface area contributed by atoms with Crippen molar-refractivity contribution < 1.29 is 13.6 Å². The van der Waals surface area contributed by atoms with Crippen LogP contribution in [0.15, 0.2) is 18.2 Å². The standard InChI is InChI=1S/C14H15F2NO/c1-3-7-17(8-4-2)14(18)9-11-5-6-12(15)10-13(11)16/h1,5-6,10H,4,7-9H2,2H3. The molecule has 0 aromatic heterocycles. The van der Waals surface area contributed by atoms with Crippen LogP contribution in [0.3, 0.4) is 0 Å². The molecule has 4 heteroatoms. The van der Waals surface area contributed by atoms with Crippen molar-refractivity contribution in [1.29, 1.82) is 0 Å². The van der Waals surface area contributed by atoms with E-state index in [1.54, 1.807) is 0 Å². The molecule has 0 saturated heterocycles. The number of halogens is 2. The Bertz CT molecular complexity index is 465. The zero-order chi connectivity index (χ0) is 13.5. The van der Waals surface area contributed by atoms with E-state index in [1.165, 1.54) is 11.0 Å². The number of hydrogen-bond donors (Lipinski definition) is 0. The Labute approximate surface area is 106 Å². The Balaban J connectivity index is 2.76. The largest absolute Gasteiger partial charge is 0.331 e. The lowest BCUT2D eigenvalue weighted by Gasteiger charge is -2.19. The smallest absolute Gasteiger partial charge is 0.227 e. The van der Waals surface area contributed by atoms with Gasteiger partial charge in [-0.1, -0.05) is 18.9 Å². The summed E-state index contributed by atoms with van der Waals surface area (Å²) in [6.07, 6.45) is 5.85. The molecule has 1 amide bonds. The van der Waals surface area contributed by atoms with Crippen LogP contribution in [0.25, 0.3) is 0 Å². The third-order valence-corrected chi connectivity index (χ3v) is 2.49. The first kappa shape index (κ1) is 14.2. The molecule has 18 heavy (non-hydrogen) atoms. The minimum Gasteiger partial charge on any atom is -0.331 e. The van der Waals surface area contributed by atoms with Gasteiger partial charge in [-0.15, -0.1) is 6.42 Å². The first-order valence-electron chi connectivity index (χ1n) is 5.73. The molecule has 0 N–H and O–H groups in total. The molecular weight excluding hydrogens is 236 g/mol. The third-order valence-electron chi connectivity index (χ3n) is 2.49. The van der Waals surface area contributed by atoms with Gasteiger partial charge in [0.25, 0.3) is 0 Å². The highest BCUT2D eigenvalue weighted by Crippen LogP contribution is 2.11. The molecule has 2 nitrogen and oxygen atoms in total. The molecule has 0 spiro atoms. The molecule has 0 saturated carbocycles. The fourth-order valence-corrected chi connectivity index (χ4v) is 1.61. The van der Waals surface area contributed by atoms with Crippen LogP contribution >= 0.6 is 0 Å². The molecule has 1 aromatic rings. The van der Waals surface area contributed by atoms with Crippen LogP contribution < -0.4 is 0 Å². The van der Waals surface area contributed by atoms with Crippen LogP contribution in [-0.4, -0.2) is 23.9 Å². The highest BCUT2D eigenvalue weighted by Gasteiger charge is 2.14. The lowest BCUT2D eigenvalue weighted by molar-refractivity contribution is -0.129. The molecule has 96 valence electrons. The first-order chi connectivity index (χ1) is 8.58. The molecule has 0 unspecified atom stereocenters. The van der Waals surface area contributed by atoms with E-state index in [2.05, 4.69) is 5.92 Å². The zero-order valence-corrected chi connectivity index (χ0v) is 10.2. The van der Waals surface area contributed by atoms with Gasteiger partial charge in [0, 0.05) is 12.6 Å². The van der Waals surface area contributed by atoms with E-state index in [0.29, 0.717) is 6.54 Å². The highest BCUT2D eigenvalue weighted by molar-refractivity contribution is 5.79. The Morgan fingerprint density at radius 1 is 1.44 bits per heavy atom. The number of hydrogen-bond acceptors (Lipinski definition) is 1. The van der Waals surface area contributed by atoms with Crippen molar-refractivity contribution in [3.63, 3.8) is 0 Å². The number of carbonyl (C=O) groups excluding carboxylic acids is 1. The van der Waals surface area contributed by atoms with Gasteiger partial charge < -0.3 is 4.90 Å². The van der Waals surface area contributed by atoms with Gasteiger partial charge in [0.2, 0.25) is 5.91 Å². The number of rotatable bonds is 5. The average Bonchev–Trinajstić information content (AvgIpc) is 2.32. The SMILES string of the molecule is C#CCN(CCC)C(=O)Cc1ccc(F)cc1F. The van der Waals surface area contributed by atoms with Gasteiger partial charge in [0.15, 0.2) is 0 Å². The predicted molar refractivity (Wildman–Crippen MR) is 65.8 cm³/mol. The van der Waals surface area contributed by atoms with Gasteiger partial charge in [-0.3, -0.25) is 4.79 Å². The quantitative estimate of drug-likeness (QED) is 0.736. The van der Waals surface area contributed by atoms with Gasteiger partial charge in [0.1, 0.15) is 11.6 Å². The average molecular weight is 251 g/mol. The minimum atomic E-state index is -0.708. The summed E-state index contributed by atoms with van der Waals surface area (Å²) >= 11 is 0. The summed E-state index contributed by atoms with van der Waals surface area (Å²) in [5, 5.41) is 0. The van der Waals surface area contributed by atoms with E-state index >= 15 is 0 Å². The molecule has 0 aliphatic heterocycles. The molecule has 0 radical (unpaired) electrons. The van der Waals surface area contributed by atoms with E-state index in [9.17, 15) is 13.6 Å². The Morgan fingerprint density at radius 2 is 2.17 bits per heavy atom. The number of amides is 1. The van der Waals surface area contributed by atoms with E-state index in [0.717, 1.165) is 18.6 Å². The fraction of sp³-hybridized carbons (Fsp3) is 0.357. The summed E-state index contributed by atoms with van der Waals surface area (Å²) in [5.74, 6) is 0.782. The van der Waals surface area contributed by atoms with Gasteiger partial charge in [-0.2, -0.15) is 0 Å². The van der Waals surface area contributed by atoms with Crippen molar-refractivity contribution in [3.8, 4) is 12.3 Å². The second-order valence-electron chi connectivity index (χ2n) is 3.93. The second-order valence-corrected chi connectivity index (χ2v) is 3.93. The number of nitrogens with zero attached hydrogens (tertiary/aromatic N) is 1. The molecule has 1 rings (SSSR count).